The molecule has 150 valence electrons. The lowest BCUT2D eigenvalue weighted by Gasteiger charge is -2.25. The molecule has 0 aliphatic rings. The normalized spacial score (nSPS) is 12.5. The van der Waals surface area contributed by atoms with Gasteiger partial charge in [-0.25, -0.2) is 0 Å². The van der Waals surface area contributed by atoms with Crippen molar-refractivity contribution in [2.45, 2.75) is 40.0 Å². The first-order valence-electron chi connectivity index (χ1n) is 9.97. The fraction of sp³-hybridized carbons (Fsp3) is 0.391. The van der Waals surface area contributed by atoms with Crippen LogP contribution in [0.1, 0.15) is 45.6 Å². The molecule has 0 saturated heterocycles. The minimum absolute atomic E-state index is 0.148. The van der Waals surface area contributed by atoms with Crippen LogP contribution in [0.4, 0.5) is 5.69 Å². The molecule has 2 aromatic carbocycles. The predicted molar refractivity (Wildman–Crippen MR) is 119 cm³/mol. The number of para-hydroxylation sites is 1. The number of carbonyl (C=O) groups excluding carboxylic acids is 1. The summed E-state index contributed by atoms with van der Waals surface area (Å²) in [4.78, 5) is 14.9. The van der Waals surface area contributed by atoms with Gasteiger partial charge in [0.1, 0.15) is 0 Å². The monoisotopic (exact) mass is 399 g/mol. The van der Waals surface area contributed by atoms with E-state index in [2.05, 4.69) is 24.4 Å². The second kappa shape index (κ2) is 11.5. The van der Waals surface area contributed by atoms with Crippen molar-refractivity contribution < 1.29 is 4.79 Å². The summed E-state index contributed by atoms with van der Waals surface area (Å²) in [7, 11) is 0. The molecule has 0 heterocycles. The molecule has 0 aliphatic heterocycles. The van der Waals surface area contributed by atoms with Gasteiger partial charge in [-0.2, -0.15) is 5.10 Å². The van der Waals surface area contributed by atoms with Crippen LogP contribution >= 0.6 is 11.6 Å². The Bertz CT molecular complexity index is 753. The summed E-state index contributed by atoms with van der Waals surface area (Å²) >= 11 is 6.04. The fourth-order valence-electron chi connectivity index (χ4n) is 3.08. The summed E-state index contributed by atoms with van der Waals surface area (Å²) in [6.45, 7) is 7.78. The van der Waals surface area contributed by atoms with Crippen molar-refractivity contribution in [3.05, 3.63) is 65.2 Å². The zero-order valence-corrected chi connectivity index (χ0v) is 17.7. The molecule has 0 aromatic heterocycles. The second-order valence-corrected chi connectivity index (χ2v) is 7.41. The van der Waals surface area contributed by atoms with Crippen molar-refractivity contribution in [3.63, 3.8) is 0 Å². The minimum atomic E-state index is -0.148. The number of anilines is 1. The number of hydrogen-bond donors (Lipinski definition) is 1. The number of benzene rings is 2. The predicted octanol–water partition coefficient (Wildman–Crippen LogP) is 5.83. The molecular weight excluding hydrogens is 370 g/mol. The summed E-state index contributed by atoms with van der Waals surface area (Å²) in [6.07, 6.45) is 2.49. The van der Waals surface area contributed by atoms with Gasteiger partial charge in [-0.15, -0.1) is 0 Å². The Hall–Kier alpha value is -2.33. The molecule has 5 heteroatoms. The smallest absolute Gasteiger partial charge is 0.225 e. The molecule has 2 rings (SSSR count). The van der Waals surface area contributed by atoms with Gasteiger partial charge >= 0.3 is 0 Å². The van der Waals surface area contributed by atoms with Crippen LogP contribution in [-0.2, 0) is 4.79 Å². The number of halogens is 1. The average Bonchev–Trinajstić information content (AvgIpc) is 2.71. The average molecular weight is 400 g/mol. The maximum Gasteiger partial charge on any atom is 0.225 e. The number of hydrogen-bond acceptors (Lipinski definition) is 3. The lowest BCUT2D eigenvalue weighted by atomic mass is 9.97. The van der Waals surface area contributed by atoms with Gasteiger partial charge in [0.15, 0.2) is 0 Å². The summed E-state index contributed by atoms with van der Waals surface area (Å²) in [5.41, 5.74) is 5.83. The van der Waals surface area contributed by atoms with E-state index in [0.29, 0.717) is 11.4 Å². The Morgan fingerprint density at radius 2 is 1.64 bits per heavy atom. The molecule has 0 fully saturated rings. The van der Waals surface area contributed by atoms with Gasteiger partial charge in [0.2, 0.25) is 5.91 Å². The Balaban J connectivity index is 2.20. The largest absolute Gasteiger partial charge is 0.342 e. The van der Waals surface area contributed by atoms with Crippen LogP contribution in [0.5, 0.6) is 0 Å². The third kappa shape index (κ3) is 6.68. The van der Waals surface area contributed by atoms with Crippen molar-refractivity contribution in [2.75, 3.05) is 18.5 Å². The van der Waals surface area contributed by atoms with E-state index in [0.717, 1.165) is 42.9 Å². The van der Waals surface area contributed by atoms with E-state index in [1.54, 1.807) is 0 Å². The molecule has 0 spiro atoms. The number of nitrogens with zero attached hydrogens (tertiary/aromatic N) is 2. The van der Waals surface area contributed by atoms with Crippen LogP contribution in [0.25, 0.3) is 0 Å². The lowest BCUT2D eigenvalue weighted by molar-refractivity contribution is -0.134. The van der Waals surface area contributed by atoms with Crippen LogP contribution < -0.4 is 5.43 Å². The zero-order chi connectivity index (χ0) is 20.4. The highest BCUT2D eigenvalue weighted by atomic mass is 35.5. The highest BCUT2D eigenvalue weighted by Crippen LogP contribution is 2.18. The first-order chi connectivity index (χ1) is 13.5. The Morgan fingerprint density at radius 3 is 2.21 bits per heavy atom. The summed E-state index contributed by atoms with van der Waals surface area (Å²) in [6, 6.07) is 17.4. The van der Waals surface area contributed by atoms with Crippen molar-refractivity contribution >= 4 is 28.9 Å². The van der Waals surface area contributed by atoms with E-state index < -0.39 is 0 Å². The number of carbonyl (C=O) groups is 1. The lowest BCUT2D eigenvalue weighted by Crippen LogP contribution is -2.37. The molecule has 0 bridgehead atoms. The zero-order valence-electron chi connectivity index (χ0n) is 17.0. The van der Waals surface area contributed by atoms with Gasteiger partial charge < -0.3 is 4.90 Å². The highest BCUT2D eigenvalue weighted by Gasteiger charge is 2.22. The molecule has 1 amide bonds. The van der Waals surface area contributed by atoms with Crippen LogP contribution in [0, 0.1) is 5.92 Å². The van der Waals surface area contributed by atoms with E-state index in [-0.39, 0.29) is 11.8 Å². The molecule has 0 radical (unpaired) electrons. The van der Waals surface area contributed by atoms with E-state index in [4.69, 9.17) is 11.6 Å². The SMILES string of the molecule is CCCN(CCC)C(=O)C(C)C/C(=N/Nc1ccccc1)c1ccc(Cl)cc1. The number of amides is 1. The molecule has 1 atom stereocenters. The fourth-order valence-corrected chi connectivity index (χ4v) is 3.20. The summed E-state index contributed by atoms with van der Waals surface area (Å²) < 4.78 is 0. The quantitative estimate of drug-likeness (QED) is 0.403. The van der Waals surface area contributed by atoms with E-state index >= 15 is 0 Å². The Labute approximate surface area is 173 Å². The molecule has 2 aromatic rings. The van der Waals surface area contributed by atoms with Crippen LogP contribution in [-0.4, -0.2) is 29.6 Å². The summed E-state index contributed by atoms with van der Waals surface area (Å²) in [5.74, 6) is 0.0372. The molecule has 0 aliphatic carbocycles. The van der Waals surface area contributed by atoms with Crippen LogP contribution in [0.2, 0.25) is 5.02 Å². The maximum absolute atomic E-state index is 12.9. The summed E-state index contributed by atoms with van der Waals surface area (Å²) in [5, 5.41) is 5.30. The topological polar surface area (TPSA) is 44.7 Å². The van der Waals surface area contributed by atoms with E-state index in [1.165, 1.54) is 0 Å². The Morgan fingerprint density at radius 1 is 1.04 bits per heavy atom. The van der Waals surface area contributed by atoms with Crippen molar-refractivity contribution in [1.82, 2.24) is 4.90 Å². The third-order valence-electron chi connectivity index (χ3n) is 4.49. The number of rotatable bonds is 10. The number of nitrogens with one attached hydrogen (secondary N) is 1. The van der Waals surface area contributed by atoms with Gasteiger partial charge in [-0.3, -0.25) is 10.2 Å². The van der Waals surface area contributed by atoms with Gasteiger partial charge in [0, 0.05) is 30.5 Å². The van der Waals surface area contributed by atoms with Crippen LogP contribution in [0.3, 0.4) is 0 Å². The molecule has 28 heavy (non-hydrogen) atoms. The minimum Gasteiger partial charge on any atom is -0.342 e. The van der Waals surface area contributed by atoms with E-state index in [1.807, 2.05) is 66.4 Å². The van der Waals surface area contributed by atoms with Crippen molar-refractivity contribution in [3.8, 4) is 0 Å². The number of hydrazone groups is 1. The molecule has 4 nitrogen and oxygen atoms in total. The standard InChI is InChI=1S/C23H30ClN3O/c1-4-15-27(16-5-2)23(28)18(3)17-22(19-11-13-20(24)14-12-19)26-25-21-9-7-6-8-10-21/h6-14,18,25H,4-5,15-17H2,1-3H3/b26-22-. The molecule has 0 saturated carbocycles. The first-order valence-corrected chi connectivity index (χ1v) is 10.3. The van der Waals surface area contributed by atoms with Crippen molar-refractivity contribution in [2.24, 2.45) is 11.0 Å². The van der Waals surface area contributed by atoms with Gasteiger partial charge in [0.05, 0.1) is 11.4 Å². The van der Waals surface area contributed by atoms with Gasteiger partial charge in [-0.05, 0) is 42.7 Å². The second-order valence-electron chi connectivity index (χ2n) is 6.97. The highest BCUT2D eigenvalue weighted by molar-refractivity contribution is 6.30. The van der Waals surface area contributed by atoms with E-state index in [9.17, 15) is 4.79 Å². The van der Waals surface area contributed by atoms with Crippen LogP contribution in [0.15, 0.2) is 59.7 Å². The third-order valence-corrected chi connectivity index (χ3v) is 4.74. The van der Waals surface area contributed by atoms with Gasteiger partial charge in [0.25, 0.3) is 0 Å². The molecule has 1 N–H and O–H groups in total. The van der Waals surface area contributed by atoms with Crippen molar-refractivity contribution in [1.29, 1.82) is 0 Å². The first kappa shape index (κ1) is 22.0. The Kier molecular flexibility index (Phi) is 9.02. The molecular formula is C23H30ClN3O. The van der Waals surface area contributed by atoms with Gasteiger partial charge in [-0.1, -0.05) is 62.7 Å². The molecule has 1 unspecified atom stereocenters. The maximum atomic E-state index is 12.9.